The van der Waals surface area contributed by atoms with Crippen LogP contribution in [-0.2, 0) is 0 Å². The number of amides is 1. The summed E-state index contributed by atoms with van der Waals surface area (Å²) in [5.74, 6) is -0.908. The summed E-state index contributed by atoms with van der Waals surface area (Å²) in [4.78, 5) is 22.3. The Balaban J connectivity index is 1.89. The maximum Gasteiger partial charge on any atom is 0.311 e. The Morgan fingerprint density at radius 3 is 2.70 bits per heavy atom. The van der Waals surface area contributed by atoms with Gasteiger partial charge in [-0.2, -0.15) is 5.10 Å². The van der Waals surface area contributed by atoms with Gasteiger partial charge in [0.2, 0.25) is 5.75 Å². The van der Waals surface area contributed by atoms with Crippen LogP contribution >= 0.6 is 0 Å². The normalized spacial score (nSPS) is 10.9. The lowest BCUT2D eigenvalue weighted by atomic mass is 10.0. The topological polar surface area (TPSA) is 114 Å². The molecule has 0 atom stereocenters. The number of carbonyl (C=O) groups is 1. The van der Waals surface area contributed by atoms with E-state index in [0.29, 0.717) is 11.3 Å². The number of nitrogens with one attached hydrogen (secondary N) is 1. The molecule has 27 heavy (non-hydrogen) atoms. The van der Waals surface area contributed by atoms with Gasteiger partial charge in [0, 0.05) is 11.6 Å². The number of nitro groups is 1. The number of hydrogen-bond acceptors (Lipinski definition) is 6. The second-order valence-corrected chi connectivity index (χ2v) is 5.53. The van der Waals surface area contributed by atoms with Crippen LogP contribution in [0.15, 0.2) is 59.7 Å². The number of nitro benzene ring substituents is 1. The van der Waals surface area contributed by atoms with E-state index in [2.05, 4.69) is 10.5 Å². The Morgan fingerprint density at radius 2 is 1.96 bits per heavy atom. The van der Waals surface area contributed by atoms with Gasteiger partial charge in [0.25, 0.3) is 5.91 Å². The predicted octanol–water partition coefficient (Wildman–Crippen LogP) is 3.23. The van der Waals surface area contributed by atoms with Gasteiger partial charge in [0.1, 0.15) is 5.75 Å². The van der Waals surface area contributed by atoms with E-state index in [4.69, 9.17) is 4.74 Å². The van der Waals surface area contributed by atoms with E-state index >= 15 is 0 Å². The monoisotopic (exact) mass is 365 g/mol. The summed E-state index contributed by atoms with van der Waals surface area (Å²) < 4.78 is 5.34. The van der Waals surface area contributed by atoms with E-state index in [1.165, 1.54) is 25.5 Å². The van der Waals surface area contributed by atoms with Crippen molar-refractivity contribution >= 4 is 28.6 Å². The molecule has 0 unspecified atom stereocenters. The fourth-order valence-electron chi connectivity index (χ4n) is 2.66. The van der Waals surface area contributed by atoms with Crippen LogP contribution in [0.4, 0.5) is 5.69 Å². The smallest absolute Gasteiger partial charge is 0.311 e. The number of para-hydroxylation sites is 1. The van der Waals surface area contributed by atoms with E-state index in [-0.39, 0.29) is 5.56 Å². The minimum absolute atomic E-state index is 0.244. The summed E-state index contributed by atoms with van der Waals surface area (Å²) in [5.41, 5.74) is 2.13. The first-order valence-electron chi connectivity index (χ1n) is 7.88. The zero-order valence-electron chi connectivity index (χ0n) is 14.2. The molecule has 8 heteroatoms. The van der Waals surface area contributed by atoms with Crippen LogP contribution in [-0.4, -0.2) is 29.3 Å². The van der Waals surface area contributed by atoms with Gasteiger partial charge in [-0.3, -0.25) is 14.9 Å². The molecular formula is C19H15N3O5. The van der Waals surface area contributed by atoms with Gasteiger partial charge in [-0.05, 0) is 22.9 Å². The van der Waals surface area contributed by atoms with Gasteiger partial charge < -0.3 is 9.84 Å². The van der Waals surface area contributed by atoms with Gasteiger partial charge in [0.05, 0.1) is 23.8 Å². The molecule has 0 aromatic heterocycles. The van der Waals surface area contributed by atoms with Crippen molar-refractivity contribution < 1.29 is 19.6 Å². The largest absolute Gasteiger partial charge is 0.502 e. The lowest BCUT2D eigenvalue weighted by Crippen LogP contribution is -2.18. The average molecular weight is 365 g/mol. The average Bonchev–Trinajstić information content (AvgIpc) is 2.67. The lowest BCUT2D eigenvalue weighted by Gasteiger charge is -2.08. The van der Waals surface area contributed by atoms with Crippen molar-refractivity contribution in [1.29, 1.82) is 0 Å². The van der Waals surface area contributed by atoms with E-state index in [1.54, 1.807) is 6.07 Å². The van der Waals surface area contributed by atoms with Crippen molar-refractivity contribution in [1.82, 2.24) is 5.43 Å². The number of benzene rings is 3. The van der Waals surface area contributed by atoms with Crippen LogP contribution in [0, 0.1) is 10.1 Å². The van der Waals surface area contributed by atoms with Gasteiger partial charge in [0.15, 0.2) is 0 Å². The second-order valence-electron chi connectivity index (χ2n) is 5.53. The van der Waals surface area contributed by atoms with Gasteiger partial charge >= 0.3 is 5.69 Å². The molecule has 0 saturated heterocycles. The highest BCUT2D eigenvalue weighted by atomic mass is 16.6. The molecule has 136 valence electrons. The molecule has 3 rings (SSSR count). The number of phenolic OH excluding ortho intramolecular Hbond substituents is 1. The molecule has 0 saturated carbocycles. The number of phenols is 1. The SMILES string of the molecule is COc1ccc2ccccc2c1/C=N\NC(=O)c1cccc([N+](=O)[O-])c1O. The third-order valence-electron chi connectivity index (χ3n) is 3.97. The molecule has 0 fully saturated rings. The van der Waals surface area contributed by atoms with Crippen LogP contribution in [0.3, 0.4) is 0 Å². The quantitative estimate of drug-likeness (QED) is 0.409. The number of methoxy groups -OCH3 is 1. The first-order chi connectivity index (χ1) is 13.0. The third kappa shape index (κ3) is 3.54. The third-order valence-corrected chi connectivity index (χ3v) is 3.97. The lowest BCUT2D eigenvalue weighted by molar-refractivity contribution is -0.385. The highest BCUT2D eigenvalue weighted by molar-refractivity contribution is 6.03. The van der Waals surface area contributed by atoms with E-state index in [0.717, 1.165) is 16.8 Å². The van der Waals surface area contributed by atoms with Crippen molar-refractivity contribution in [3.8, 4) is 11.5 Å². The molecular weight excluding hydrogens is 350 g/mol. The summed E-state index contributed by atoms with van der Waals surface area (Å²) in [6.07, 6.45) is 1.42. The maximum absolute atomic E-state index is 12.2. The molecule has 0 aliphatic carbocycles. The van der Waals surface area contributed by atoms with Crippen molar-refractivity contribution in [3.05, 3.63) is 75.8 Å². The number of hydrogen-bond donors (Lipinski definition) is 2. The zero-order valence-corrected chi connectivity index (χ0v) is 14.2. The van der Waals surface area contributed by atoms with E-state index in [9.17, 15) is 20.0 Å². The van der Waals surface area contributed by atoms with Gasteiger partial charge in [-0.1, -0.05) is 36.4 Å². The van der Waals surface area contributed by atoms with Crippen LogP contribution < -0.4 is 10.2 Å². The van der Waals surface area contributed by atoms with E-state index < -0.39 is 22.3 Å². The summed E-state index contributed by atoms with van der Waals surface area (Å²) in [6.45, 7) is 0. The number of rotatable bonds is 5. The number of ether oxygens (including phenoxy) is 1. The first-order valence-corrected chi connectivity index (χ1v) is 7.88. The molecule has 0 radical (unpaired) electrons. The predicted molar refractivity (Wildman–Crippen MR) is 100 cm³/mol. The summed E-state index contributed by atoms with van der Waals surface area (Å²) in [5, 5.41) is 26.5. The molecule has 3 aromatic rings. The van der Waals surface area contributed by atoms with Crippen molar-refractivity contribution in [2.24, 2.45) is 5.10 Å². The molecule has 0 spiro atoms. The molecule has 1 amide bonds. The van der Waals surface area contributed by atoms with Crippen molar-refractivity contribution in [3.63, 3.8) is 0 Å². The van der Waals surface area contributed by atoms with Crippen LogP contribution in [0.5, 0.6) is 11.5 Å². The maximum atomic E-state index is 12.2. The number of aromatic hydroxyl groups is 1. The standard InChI is InChI=1S/C19H15N3O5/c1-27-17-10-9-12-5-2-3-6-13(12)15(17)11-20-21-19(24)14-7-4-8-16(18(14)23)22(25)26/h2-11,23H,1H3,(H,21,24)/b20-11-. The molecule has 8 nitrogen and oxygen atoms in total. The molecule has 0 heterocycles. The fourth-order valence-corrected chi connectivity index (χ4v) is 2.66. The number of hydrazone groups is 1. The van der Waals surface area contributed by atoms with Gasteiger partial charge in [-0.25, -0.2) is 5.43 Å². The summed E-state index contributed by atoms with van der Waals surface area (Å²) >= 11 is 0. The Labute approximate surface area is 153 Å². The van der Waals surface area contributed by atoms with Crippen LogP contribution in [0.1, 0.15) is 15.9 Å². The van der Waals surface area contributed by atoms with E-state index in [1.807, 2.05) is 30.3 Å². The highest BCUT2D eigenvalue weighted by Gasteiger charge is 2.20. The molecule has 2 N–H and O–H groups in total. The van der Waals surface area contributed by atoms with Crippen LogP contribution in [0.2, 0.25) is 0 Å². The first kappa shape index (κ1) is 17.9. The Bertz CT molecular complexity index is 1060. The summed E-state index contributed by atoms with van der Waals surface area (Å²) in [7, 11) is 1.53. The number of nitrogens with zero attached hydrogens (tertiary/aromatic N) is 2. The molecule has 0 aliphatic rings. The van der Waals surface area contributed by atoms with Gasteiger partial charge in [-0.15, -0.1) is 0 Å². The minimum atomic E-state index is -0.772. The zero-order chi connectivity index (χ0) is 19.4. The van der Waals surface area contributed by atoms with Crippen LogP contribution in [0.25, 0.3) is 10.8 Å². The Morgan fingerprint density at radius 1 is 1.19 bits per heavy atom. The minimum Gasteiger partial charge on any atom is -0.502 e. The van der Waals surface area contributed by atoms with Crippen molar-refractivity contribution in [2.45, 2.75) is 0 Å². The molecule has 3 aromatic carbocycles. The number of fused-ring (bicyclic) bond motifs is 1. The Kier molecular flexibility index (Phi) is 4.98. The Hall–Kier alpha value is -3.94. The summed E-state index contributed by atoms with van der Waals surface area (Å²) in [6, 6.07) is 15.0. The molecule has 0 aliphatic heterocycles. The second kappa shape index (κ2) is 7.52. The fraction of sp³-hybridized carbons (Fsp3) is 0.0526. The number of carbonyl (C=O) groups excluding carboxylic acids is 1. The highest BCUT2D eigenvalue weighted by Crippen LogP contribution is 2.29. The molecule has 0 bridgehead atoms. The van der Waals surface area contributed by atoms with Crippen molar-refractivity contribution in [2.75, 3.05) is 7.11 Å².